The fourth-order valence-corrected chi connectivity index (χ4v) is 3.13. The zero-order chi connectivity index (χ0) is 19.4. The molecule has 2 aromatic rings. The van der Waals surface area contributed by atoms with Crippen LogP contribution in [0.15, 0.2) is 42.5 Å². The third kappa shape index (κ3) is 4.48. The van der Waals surface area contributed by atoms with Crippen LogP contribution in [0.4, 0.5) is 17.1 Å². The number of carbonyl (C=O) groups excluding carboxylic acids is 2. The quantitative estimate of drug-likeness (QED) is 0.720. The second-order valence-electron chi connectivity index (χ2n) is 6.25. The van der Waals surface area contributed by atoms with Crippen LogP contribution in [0.2, 0.25) is 0 Å². The zero-order valence-corrected chi connectivity index (χ0v) is 16.6. The van der Waals surface area contributed by atoms with E-state index in [0.29, 0.717) is 41.7 Å². The molecule has 1 aliphatic heterocycles. The van der Waals surface area contributed by atoms with Crippen LogP contribution >= 0.6 is 12.4 Å². The molecule has 7 nitrogen and oxygen atoms in total. The van der Waals surface area contributed by atoms with Crippen LogP contribution in [0.25, 0.3) is 0 Å². The van der Waals surface area contributed by atoms with Gasteiger partial charge < -0.3 is 25.4 Å². The summed E-state index contributed by atoms with van der Waals surface area (Å²) in [4.78, 5) is 26.7. The van der Waals surface area contributed by atoms with Crippen molar-refractivity contribution in [1.82, 2.24) is 0 Å². The highest BCUT2D eigenvalue weighted by molar-refractivity contribution is 6.04. The lowest BCUT2D eigenvalue weighted by atomic mass is 10.1. The smallest absolute Gasteiger partial charge is 0.229 e. The summed E-state index contributed by atoms with van der Waals surface area (Å²) >= 11 is 0. The second-order valence-corrected chi connectivity index (χ2v) is 6.25. The molecular formula is C20H24ClN3O4. The highest BCUT2D eigenvalue weighted by Gasteiger charge is 2.36. The number of rotatable bonds is 6. The molecule has 0 aliphatic carbocycles. The highest BCUT2D eigenvalue weighted by Crippen LogP contribution is 2.33. The lowest BCUT2D eigenvalue weighted by Crippen LogP contribution is -2.28. The third-order valence-corrected chi connectivity index (χ3v) is 4.45. The zero-order valence-electron chi connectivity index (χ0n) is 15.8. The lowest BCUT2D eigenvalue weighted by molar-refractivity contribution is -0.122. The number of methoxy groups -OCH3 is 1. The van der Waals surface area contributed by atoms with Crippen LogP contribution < -0.4 is 25.4 Å². The van der Waals surface area contributed by atoms with E-state index in [1.165, 1.54) is 7.11 Å². The molecule has 1 heterocycles. The Bertz CT molecular complexity index is 859. The van der Waals surface area contributed by atoms with Gasteiger partial charge in [-0.1, -0.05) is 12.1 Å². The van der Waals surface area contributed by atoms with Crippen LogP contribution in [0.5, 0.6) is 11.5 Å². The second kappa shape index (κ2) is 9.32. The fourth-order valence-electron chi connectivity index (χ4n) is 3.13. The van der Waals surface area contributed by atoms with E-state index in [4.69, 9.17) is 15.2 Å². The molecule has 1 fully saturated rings. The van der Waals surface area contributed by atoms with Crippen molar-refractivity contribution in [2.75, 3.05) is 36.2 Å². The third-order valence-electron chi connectivity index (χ3n) is 4.45. The summed E-state index contributed by atoms with van der Waals surface area (Å²) in [6.45, 7) is 2.70. The van der Waals surface area contributed by atoms with Crippen LogP contribution in [-0.2, 0) is 9.59 Å². The molecule has 150 valence electrons. The molecule has 0 radical (unpaired) electrons. The number of carbonyl (C=O) groups is 2. The van der Waals surface area contributed by atoms with Crippen molar-refractivity contribution < 1.29 is 19.1 Å². The SMILES string of the molecule is CCOc1ccccc1N1CC(C(=O)Nc2ccc(OC)c(N)c2)CC1=O.Cl. The molecule has 8 heteroatoms. The number of hydrogen-bond donors (Lipinski definition) is 2. The molecule has 1 saturated heterocycles. The van der Waals surface area contributed by atoms with Crippen LogP contribution in [0, 0.1) is 5.92 Å². The minimum Gasteiger partial charge on any atom is -0.495 e. The van der Waals surface area contributed by atoms with Gasteiger partial charge in [0.1, 0.15) is 11.5 Å². The molecule has 1 atom stereocenters. The highest BCUT2D eigenvalue weighted by atomic mass is 35.5. The van der Waals surface area contributed by atoms with E-state index in [1.807, 2.05) is 31.2 Å². The number of nitrogen functional groups attached to an aromatic ring is 1. The number of nitrogens with zero attached hydrogens (tertiary/aromatic N) is 1. The minimum atomic E-state index is -0.449. The van der Waals surface area contributed by atoms with E-state index < -0.39 is 5.92 Å². The summed E-state index contributed by atoms with van der Waals surface area (Å²) in [6, 6.07) is 12.4. The molecule has 2 amide bonds. The number of hydrogen-bond acceptors (Lipinski definition) is 5. The molecule has 2 aromatic carbocycles. The molecule has 28 heavy (non-hydrogen) atoms. The van der Waals surface area contributed by atoms with Gasteiger partial charge in [0.05, 0.1) is 31.0 Å². The Kier molecular flexibility index (Phi) is 7.12. The number of nitrogens with two attached hydrogens (primary N) is 1. The Morgan fingerprint density at radius 1 is 1.25 bits per heavy atom. The Morgan fingerprint density at radius 3 is 2.68 bits per heavy atom. The van der Waals surface area contributed by atoms with E-state index >= 15 is 0 Å². The molecule has 3 rings (SSSR count). The minimum absolute atomic E-state index is 0. The van der Waals surface area contributed by atoms with E-state index in [9.17, 15) is 9.59 Å². The van der Waals surface area contributed by atoms with Crippen molar-refractivity contribution in [2.45, 2.75) is 13.3 Å². The van der Waals surface area contributed by atoms with Crippen LogP contribution in [0.3, 0.4) is 0 Å². The number of anilines is 3. The predicted octanol–water partition coefficient (Wildman–Crippen LogP) is 3.09. The van der Waals surface area contributed by atoms with Gasteiger partial charge in [-0.15, -0.1) is 12.4 Å². The maximum atomic E-state index is 12.6. The van der Waals surface area contributed by atoms with E-state index in [2.05, 4.69) is 5.32 Å². The number of halogens is 1. The first kappa shape index (κ1) is 21.4. The van der Waals surface area contributed by atoms with E-state index in [1.54, 1.807) is 23.1 Å². The Balaban J connectivity index is 0.00000280. The van der Waals surface area contributed by atoms with Gasteiger partial charge in [-0.2, -0.15) is 0 Å². The molecule has 0 aromatic heterocycles. The van der Waals surface area contributed by atoms with E-state index in [0.717, 1.165) is 0 Å². The maximum Gasteiger partial charge on any atom is 0.229 e. The monoisotopic (exact) mass is 405 g/mol. The Morgan fingerprint density at radius 2 is 2.00 bits per heavy atom. The topological polar surface area (TPSA) is 93.9 Å². The maximum absolute atomic E-state index is 12.6. The van der Waals surface area contributed by atoms with Crippen molar-refractivity contribution in [3.63, 3.8) is 0 Å². The molecule has 0 bridgehead atoms. The number of benzene rings is 2. The summed E-state index contributed by atoms with van der Waals surface area (Å²) in [5, 5.41) is 2.82. The molecule has 0 saturated carbocycles. The van der Waals surface area contributed by atoms with Crippen LogP contribution in [-0.4, -0.2) is 32.1 Å². The van der Waals surface area contributed by atoms with Gasteiger partial charge >= 0.3 is 0 Å². The molecule has 3 N–H and O–H groups in total. The summed E-state index contributed by atoms with van der Waals surface area (Å²) in [5.41, 5.74) is 7.57. The lowest BCUT2D eigenvalue weighted by Gasteiger charge is -2.20. The Labute approximate surface area is 170 Å². The fraction of sp³-hybridized carbons (Fsp3) is 0.300. The predicted molar refractivity (Wildman–Crippen MR) is 111 cm³/mol. The largest absolute Gasteiger partial charge is 0.495 e. The molecular weight excluding hydrogens is 382 g/mol. The molecule has 1 unspecified atom stereocenters. The number of amides is 2. The number of para-hydroxylation sites is 2. The average Bonchev–Trinajstić information content (AvgIpc) is 3.04. The van der Waals surface area contributed by atoms with Crippen molar-refractivity contribution in [3.05, 3.63) is 42.5 Å². The molecule has 1 aliphatic rings. The van der Waals surface area contributed by atoms with Gasteiger partial charge in [0.2, 0.25) is 11.8 Å². The van der Waals surface area contributed by atoms with Crippen LogP contribution in [0.1, 0.15) is 13.3 Å². The van der Waals surface area contributed by atoms with Crippen molar-refractivity contribution >= 4 is 41.3 Å². The number of nitrogens with one attached hydrogen (secondary N) is 1. The summed E-state index contributed by atoms with van der Waals surface area (Å²) in [6.07, 6.45) is 0.151. The Hall–Kier alpha value is -2.93. The summed E-state index contributed by atoms with van der Waals surface area (Å²) in [7, 11) is 1.53. The summed E-state index contributed by atoms with van der Waals surface area (Å²) in [5.74, 6) is 0.413. The number of ether oxygens (including phenoxy) is 2. The van der Waals surface area contributed by atoms with Gasteiger partial charge in [-0.05, 0) is 37.3 Å². The normalized spacial score (nSPS) is 15.7. The first-order valence-corrected chi connectivity index (χ1v) is 8.80. The van der Waals surface area contributed by atoms with Crippen molar-refractivity contribution in [2.24, 2.45) is 5.92 Å². The van der Waals surface area contributed by atoms with Gasteiger partial charge in [0.25, 0.3) is 0 Å². The van der Waals surface area contributed by atoms with E-state index in [-0.39, 0.29) is 30.6 Å². The first-order chi connectivity index (χ1) is 13.0. The van der Waals surface area contributed by atoms with Gasteiger partial charge in [-0.25, -0.2) is 0 Å². The standard InChI is InChI=1S/C20H23N3O4.ClH/c1-3-27-18-7-5-4-6-16(18)23-12-13(10-19(23)24)20(25)22-14-8-9-17(26-2)15(21)11-14;/h4-9,11,13H,3,10,12,21H2,1-2H3,(H,22,25);1H. The first-order valence-electron chi connectivity index (χ1n) is 8.80. The van der Waals surface area contributed by atoms with Crippen molar-refractivity contribution in [1.29, 1.82) is 0 Å². The van der Waals surface area contributed by atoms with Gasteiger partial charge in [0.15, 0.2) is 0 Å². The molecule has 0 spiro atoms. The van der Waals surface area contributed by atoms with Crippen molar-refractivity contribution in [3.8, 4) is 11.5 Å². The average molecular weight is 406 g/mol. The summed E-state index contributed by atoms with van der Waals surface area (Å²) < 4.78 is 10.7. The van der Waals surface area contributed by atoms with Gasteiger partial charge in [0, 0.05) is 18.7 Å². The van der Waals surface area contributed by atoms with Gasteiger partial charge in [-0.3, -0.25) is 9.59 Å².